The molecule has 2 aromatic rings. The van der Waals surface area contributed by atoms with Crippen LogP contribution in [0.25, 0.3) is 0 Å². The number of anilines is 1. The standard InChI is InChI=1S/C16H13F2NO4/c1-22-16(21)10-3-2-4-12(7-10)23-9-15(20)19-14-6-5-11(17)8-13(14)18/h2-8H,9H2,1H3,(H,19,20). The van der Waals surface area contributed by atoms with Gasteiger partial charge in [0.15, 0.2) is 6.61 Å². The van der Waals surface area contributed by atoms with Gasteiger partial charge in [0.1, 0.15) is 17.4 Å². The molecular weight excluding hydrogens is 308 g/mol. The molecule has 0 bridgehead atoms. The molecular formula is C16H13F2NO4. The summed E-state index contributed by atoms with van der Waals surface area (Å²) < 4.78 is 36.0. The van der Waals surface area contributed by atoms with Crippen LogP contribution in [0.2, 0.25) is 0 Å². The molecule has 0 unspecified atom stereocenters. The van der Waals surface area contributed by atoms with Gasteiger partial charge in [0.2, 0.25) is 0 Å². The molecule has 0 aliphatic carbocycles. The molecule has 0 spiro atoms. The fourth-order valence-corrected chi connectivity index (χ4v) is 1.76. The van der Waals surface area contributed by atoms with Gasteiger partial charge in [0, 0.05) is 6.07 Å². The molecule has 1 N–H and O–H groups in total. The van der Waals surface area contributed by atoms with Gasteiger partial charge < -0.3 is 14.8 Å². The third-order valence-electron chi connectivity index (χ3n) is 2.83. The SMILES string of the molecule is COC(=O)c1cccc(OCC(=O)Nc2ccc(F)cc2F)c1. The topological polar surface area (TPSA) is 64.6 Å². The zero-order valence-electron chi connectivity index (χ0n) is 12.1. The Morgan fingerprint density at radius 1 is 1.13 bits per heavy atom. The van der Waals surface area contributed by atoms with Crippen LogP contribution in [0.5, 0.6) is 5.75 Å². The van der Waals surface area contributed by atoms with Crippen LogP contribution in [0, 0.1) is 11.6 Å². The van der Waals surface area contributed by atoms with Crippen LogP contribution in [0.1, 0.15) is 10.4 Å². The van der Waals surface area contributed by atoms with Gasteiger partial charge in [-0.2, -0.15) is 0 Å². The number of nitrogens with one attached hydrogen (secondary N) is 1. The van der Waals surface area contributed by atoms with Crippen LogP contribution in [0.15, 0.2) is 42.5 Å². The Kier molecular flexibility index (Phi) is 5.24. The van der Waals surface area contributed by atoms with Gasteiger partial charge >= 0.3 is 5.97 Å². The molecule has 0 aliphatic rings. The molecule has 2 aromatic carbocycles. The average Bonchev–Trinajstić information content (AvgIpc) is 2.55. The van der Waals surface area contributed by atoms with Crippen LogP contribution in [-0.4, -0.2) is 25.6 Å². The fourth-order valence-electron chi connectivity index (χ4n) is 1.76. The van der Waals surface area contributed by atoms with Crippen LogP contribution in [0.3, 0.4) is 0 Å². The largest absolute Gasteiger partial charge is 0.484 e. The van der Waals surface area contributed by atoms with Crippen molar-refractivity contribution in [3.63, 3.8) is 0 Å². The van der Waals surface area contributed by atoms with Gasteiger partial charge in [-0.1, -0.05) is 6.07 Å². The minimum absolute atomic E-state index is 0.150. The molecule has 1 amide bonds. The van der Waals surface area contributed by atoms with E-state index in [0.29, 0.717) is 6.07 Å². The highest BCUT2D eigenvalue weighted by molar-refractivity contribution is 5.92. The second-order valence-corrected chi connectivity index (χ2v) is 4.48. The number of hydrogen-bond donors (Lipinski definition) is 1. The third kappa shape index (κ3) is 4.50. The Balaban J connectivity index is 1.95. The van der Waals surface area contributed by atoms with E-state index >= 15 is 0 Å². The van der Waals surface area contributed by atoms with Gasteiger partial charge in [-0.3, -0.25) is 4.79 Å². The summed E-state index contributed by atoms with van der Waals surface area (Å²) in [6.45, 7) is -0.401. The molecule has 5 nitrogen and oxygen atoms in total. The van der Waals surface area contributed by atoms with Crippen molar-refractivity contribution in [3.8, 4) is 5.75 Å². The van der Waals surface area contributed by atoms with Crippen molar-refractivity contribution in [2.75, 3.05) is 19.0 Å². The van der Waals surface area contributed by atoms with Crippen molar-refractivity contribution >= 4 is 17.6 Å². The lowest BCUT2D eigenvalue weighted by Crippen LogP contribution is -2.21. The van der Waals surface area contributed by atoms with E-state index < -0.39 is 30.1 Å². The van der Waals surface area contributed by atoms with E-state index in [2.05, 4.69) is 10.1 Å². The number of benzene rings is 2. The first-order chi connectivity index (χ1) is 11.0. The first-order valence-electron chi connectivity index (χ1n) is 6.55. The van der Waals surface area contributed by atoms with Crippen LogP contribution in [-0.2, 0) is 9.53 Å². The van der Waals surface area contributed by atoms with Gasteiger partial charge in [-0.15, -0.1) is 0 Å². The summed E-state index contributed by atoms with van der Waals surface area (Å²) in [6.07, 6.45) is 0. The number of carbonyl (C=O) groups excluding carboxylic acids is 2. The molecule has 23 heavy (non-hydrogen) atoms. The number of carbonyl (C=O) groups is 2. The Hall–Kier alpha value is -2.96. The maximum Gasteiger partial charge on any atom is 0.337 e. The molecule has 0 fully saturated rings. The quantitative estimate of drug-likeness (QED) is 0.860. The number of esters is 1. The Bertz CT molecular complexity index is 734. The molecule has 120 valence electrons. The van der Waals surface area contributed by atoms with Crippen molar-refractivity contribution in [1.82, 2.24) is 0 Å². The van der Waals surface area contributed by atoms with E-state index in [1.165, 1.54) is 19.2 Å². The first kappa shape index (κ1) is 16.4. The second-order valence-electron chi connectivity index (χ2n) is 4.48. The number of hydrogen-bond acceptors (Lipinski definition) is 4. The molecule has 7 heteroatoms. The minimum Gasteiger partial charge on any atom is -0.484 e. The van der Waals surface area contributed by atoms with Crippen molar-refractivity contribution in [1.29, 1.82) is 0 Å². The number of halogens is 2. The van der Waals surface area contributed by atoms with E-state index in [-0.39, 0.29) is 17.0 Å². The number of ether oxygens (including phenoxy) is 2. The summed E-state index contributed by atoms with van der Waals surface area (Å²) in [7, 11) is 1.25. The number of methoxy groups -OCH3 is 1. The predicted octanol–water partition coefficient (Wildman–Crippen LogP) is 2.77. The maximum atomic E-state index is 13.4. The van der Waals surface area contributed by atoms with E-state index in [0.717, 1.165) is 12.1 Å². The molecule has 2 rings (SSSR count). The zero-order chi connectivity index (χ0) is 16.8. The molecule has 0 saturated carbocycles. The Morgan fingerprint density at radius 3 is 2.61 bits per heavy atom. The molecule has 0 radical (unpaired) electrons. The summed E-state index contributed by atoms with van der Waals surface area (Å²) >= 11 is 0. The predicted molar refractivity (Wildman–Crippen MR) is 78.3 cm³/mol. The lowest BCUT2D eigenvalue weighted by molar-refractivity contribution is -0.118. The zero-order valence-corrected chi connectivity index (χ0v) is 12.1. The van der Waals surface area contributed by atoms with E-state index in [1.807, 2.05) is 0 Å². The van der Waals surface area contributed by atoms with Crippen LogP contribution in [0.4, 0.5) is 14.5 Å². The average molecular weight is 321 g/mol. The highest BCUT2D eigenvalue weighted by atomic mass is 19.1. The number of amides is 1. The van der Waals surface area contributed by atoms with Crippen molar-refractivity contribution in [2.45, 2.75) is 0 Å². The highest BCUT2D eigenvalue weighted by Gasteiger charge is 2.10. The normalized spacial score (nSPS) is 10.0. The highest BCUT2D eigenvalue weighted by Crippen LogP contribution is 2.16. The van der Waals surface area contributed by atoms with Crippen molar-refractivity contribution in [2.24, 2.45) is 0 Å². The molecule has 0 aromatic heterocycles. The number of rotatable bonds is 5. The van der Waals surface area contributed by atoms with Crippen LogP contribution < -0.4 is 10.1 Å². The minimum atomic E-state index is -0.883. The first-order valence-corrected chi connectivity index (χ1v) is 6.55. The summed E-state index contributed by atoms with van der Waals surface area (Å²) in [5.74, 6) is -2.50. The van der Waals surface area contributed by atoms with Gasteiger partial charge in [-0.25, -0.2) is 13.6 Å². The van der Waals surface area contributed by atoms with E-state index in [9.17, 15) is 18.4 Å². The summed E-state index contributed by atoms with van der Waals surface area (Å²) in [5, 5.41) is 2.26. The summed E-state index contributed by atoms with van der Waals surface area (Å²) in [5.41, 5.74) is 0.123. The van der Waals surface area contributed by atoms with E-state index in [4.69, 9.17) is 4.74 Å². The van der Waals surface area contributed by atoms with Gasteiger partial charge in [0.05, 0.1) is 18.4 Å². The van der Waals surface area contributed by atoms with Crippen molar-refractivity contribution in [3.05, 3.63) is 59.7 Å². The van der Waals surface area contributed by atoms with Gasteiger partial charge in [0.25, 0.3) is 5.91 Å². The summed E-state index contributed by atoms with van der Waals surface area (Å²) in [6, 6.07) is 8.87. The lowest BCUT2D eigenvalue weighted by atomic mass is 10.2. The van der Waals surface area contributed by atoms with E-state index in [1.54, 1.807) is 12.1 Å². The summed E-state index contributed by atoms with van der Waals surface area (Å²) in [4.78, 5) is 23.1. The third-order valence-corrected chi connectivity index (χ3v) is 2.83. The monoisotopic (exact) mass is 321 g/mol. The smallest absolute Gasteiger partial charge is 0.337 e. The lowest BCUT2D eigenvalue weighted by Gasteiger charge is -2.09. The molecule has 0 heterocycles. The Morgan fingerprint density at radius 2 is 1.91 bits per heavy atom. The molecule has 0 atom stereocenters. The maximum absolute atomic E-state index is 13.4. The fraction of sp³-hybridized carbons (Fsp3) is 0.125. The molecule has 0 aliphatic heterocycles. The Labute approximate surface area is 130 Å². The van der Waals surface area contributed by atoms with Gasteiger partial charge in [-0.05, 0) is 30.3 Å². The van der Waals surface area contributed by atoms with Crippen LogP contribution >= 0.6 is 0 Å². The second kappa shape index (κ2) is 7.35. The van der Waals surface area contributed by atoms with Crippen molar-refractivity contribution < 1.29 is 27.8 Å². The molecule has 0 saturated heterocycles.